The van der Waals surface area contributed by atoms with E-state index in [1.807, 2.05) is 11.8 Å². The third-order valence-electron chi connectivity index (χ3n) is 3.60. The summed E-state index contributed by atoms with van der Waals surface area (Å²) in [5.74, 6) is 0. The Bertz CT molecular complexity index is 587. The van der Waals surface area contributed by atoms with Gasteiger partial charge in [-0.05, 0) is 44.9 Å². The van der Waals surface area contributed by atoms with Crippen LogP contribution in [0.2, 0.25) is 0 Å². The van der Waals surface area contributed by atoms with E-state index in [-0.39, 0.29) is 5.54 Å². The molecular formula is C17H23N3S. The molecule has 3 nitrogen and oxygen atoms in total. The third kappa shape index (κ3) is 3.89. The van der Waals surface area contributed by atoms with Gasteiger partial charge in [-0.3, -0.25) is 4.68 Å². The van der Waals surface area contributed by atoms with Crippen molar-refractivity contribution in [2.24, 2.45) is 0 Å². The minimum absolute atomic E-state index is 0.132. The molecule has 21 heavy (non-hydrogen) atoms. The van der Waals surface area contributed by atoms with E-state index in [0.717, 1.165) is 25.2 Å². The molecule has 0 bridgehead atoms. The maximum atomic E-state index is 4.68. The topological polar surface area (TPSA) is 29.9 Å². The first kappa shape index (κ1) is 14.7. The zero-order valence-corrected chi connectivity index (χ0v) is 13.8. The number of hydrogen-bond acceptors (Lipinski definition) is 3. The summed E-state index contributed by atoms with van der Waals surface area (Å²) in [5.41, 5.74) is 2.73. The molecule has 0 saturated heterocycles. The van der Waals surface area contributed by atoms with Crippen LogP contribution in [0.5, 0.6) is 0 Å². The molecule has 1 aliphatic heterocycles. The molecule has 1 aliphatic rings. The molecular weight excluding hydrogens is 278 g/mol. The maximum Gasteiger partial charge on any atom is 0.0762 e. The Morgan fingerprint density at radius 2 is 2.10 bits per heavy atom. The second-order valence-corrected chi connectivity index (χ2v) is 8.03. The molecule has 1 N–H and O–H groups in total. The van der Waals surface area contributed by atoms with Gasteiger partial charge in [0.15, 0.2) is 0 Å². The van der Waals surface area contributed by atoms with Crippen LogP contribution < -0.4 is 5.32 Å². The van der Waals surface area contributed by atoms with Gasteiger partial charge >= 0.3 is 0 Å². The predicted octanol–water partition coefficient (Wildman–Crippen LogP) is 3.49. The third-order valence-corrected chi connectivity index (χ3v) is 4.90. The molecule has 1 aromatic heterocycles. The van der Waals surface area contributed by atoms with Gasteiger partial charge in [-0.15, -0.1) is 11.8 Å². The minimum Gasteiger partial charge on any atom is -0.306 e. The molecule has 0 amide bonds. The summed E-state index contributed by atoms with van der Waals surface area (Å²) in [5, 5.41) is 8.76. The van der Waals surface area contributed by atoms with E-state index in [2.05, 4.69) is 72.4 Å². The lowest BCUT2D eigenvalue weighted by atomic mass is 10.1. The highest BCUT2D eigenvalue weighted by Gasteiger charge is 2.22. The van der Waals surface area contributed by atoms with E-state index >= 15 is 0 Å². The van der Waals surface area contributed by atoms with E-state index in [9.17, 15) is 0 Å². The number of fused-ring (bicyclic) bond motifs is 1. The fourth-order valence-electron chi connectivity index (χ4n) is 2.52. The van der Waals surface area contributed by atoms with Crippen molar-refractivity contribution in [3.05, 3.63) is 47.8 Å². The van der Waals surface area contributed by atoms with Crippen LogP contribution in [0.15, 0.2) is 41.4 Å². The van der Waals surface area contributed by atoms with Crippen LogP contribution >= 0.6 is 11.8 Å². The highest BCUT2D eigenvalue weighted by atomic mass is 32.2. The number of hydrogen-bond donors (Lipinski definition) is 1. The van der Waals surface area contributed by atoms with Crippen LogP contribution in [0.4, 0.5) is 0 Å². The Labute approximate surface area is 131 Å². The Morgan fingerprint density at radius 3 is 2.86 bits per heavy atom. The molecule has 4 heteroatoms. The molecule has 0 radical (unpaired) electrons. The molecule has 0 fully saturated rings. The van der Waals surface area contributed by atoms with Gasteiger partial charge in [0.25, 0.3) is 0 Å². The molecule has 3 rings (SSSR count). The normalized spacial score (nSPS) is 18.0. The summed E-state index contributed by atoms with van der Waals surface area (Å²) in [6.45, 7) is 8.34. The van der Waals surface area contributed by atoms with Gasteiger partial charge in [0.2, 0.25) is 0 Å². The van der Waals surface area contributed by atoms with Gasteiger partial charge in [0, 0.05) is 28.4 Å². The van der Waals surface area contributed by atoms with Crippen LogP contribution in [-0.2, 0) is 19.5 Å². The lowest BCUT2D eigenvalue weighted by Crippen LogP contribution is -2.35. The highest BCUT2D eigenvalue weighted by Crippen LogP contribution is 2.37. The summed E-state index contributed by atoms with van der Waals surface area (Å²) >= 11 is 1.98. The van der Waals surface area contributed by atoms with Gasteiger partial charge in [0.05, 0.1) is 12.2 Å². The van der Waals surface area contributed by atoms with Crippen molar-refractivity contribution in [3.63, 3.8) is 0 Å². The molecule has 1 unspecified atom stereocenters. The van der Waals surface area contributed by atoms with E-state index in [1.54, 1.807) is 0 Å². The van der Waals surface area contributed by atoms with Crippen LogP contribution in [0, 0.1) is 0 Å². The van der Waals surface area contributed by atoms with Gasteiger partial charge in [0.1, 0.15) is 0 Å². The highest BCUT2D eigenvalue weighted by molar-refractivity contribution is 8.00. The van der Waals surface area contributed by atoms with Crippen LogP contribution in [-0.4, -0.2) is 20.6 Å². The van der Waals surface area contributed by atoms with Crippen LogP contribution in [0.1, 0.15) is 32.0 Å². The van der Waals surface area contributed by atoms with Crippen molar-refractivity contribution in [1.29, 1.82) is 0 Å². The second kappa shape index (κ2) is 5.85. The lowest BCUT2D eigenvalue weighted by Gasteiger charge is -2.19. The summed E-state index contributed by atoms with van der Waals surface area (Å²) < 4.78 is 2.09. The zero-order chi connectivity index (χ0) is 14.9. The SMILES string of the molecule is CC(C)(C)NCc1ccn(CC2Cc3ccccc3S2)n1. The van der Waals surface area contributed by atoms with E-state index < -0.39 is 0 Å². The molecule has 112 valence electrons. The Kier molecular flexibility index (Phi) is 4.09. The van der Waals surface area contributed by atoms with Crippen molar-refractivity contribution in [2.45, 2.75) is 56.0 Å². The van der Waals surface area contributed by atoms with Crippen molar-refractivity contribution in [2.75, 3.05) is 0 Å². The van der Waals surface area contributed by atoms with Crippen LogP contribution in [0.3, 0.4) is 0 Å². The second-order valence-electron chi connectivity index (χ2n) is 6.68. The molecule has 1 atom stereocenters. The molecule has 2 aromatic rings. The molecule has 0 spiro atoms. The Morgan fingerprint density at radius 1 is 1.29 bits per heavy atom. The fourth-order valence-corrected chi connectivity index (χ4v) is 3.83. The molecule has 0 aliphatic carbocycles. The zero-order valence-electron chi connectivity index (χ0n) is 13.0. The largest absolute Gasteiger partial charge is 0.306 e. The first-order valence-corrected chi connectivity index (χ1v) is 8.39. The average Bonchev–Trinajstić information content (AvgIpc) is 3.01. The van der Waals surface area contributed by atoms with Crippen LogP contribution in [0.25, 0.3) is 0 Å². The van der Waals surface area contributed by atoms with Crippen molar-refractivity contribution in [3.8, 4) is 0 Å². The van der Waals surface area contributed by atoms with Gasteiger partial charge in [-0.1, -0.05) is 18.2 Å². The quantitative estimate of drug-likeness (QED) is 0.937. The number of aromatic nitrogens is 2. The van der Waals surface area contributed by atoms with E-state index in [0.29, 0.717) is 5.25 Å². The number of rotatable bonds is 4. The summed E-state index contributed by atoms with van der Waals surface area (Å²) in [4.78, 5) is 1.43. The van der Waals surface area contributed by atoms with Crippen molar-refractivity contribution < 1.29 is 0 Å². The van der Waals surface area contributed by atoms with Gasteiger partial charge < -0.3 is 5.32 Å². The number of thioether (sulfide) groups is 1. The summed E-state index contributed by atoms with van der Waals surface area (Å²) in [6.07, 6.45) is 3.25. The number of benzene rings is 1. The maximum absolute atomic E-state index is 4.68. The van der Waals surface area contributed by atoms with E-state index in [1.165, 1.54) is 10.5 Å². The Balaban J connectivity index is 1.56. The summed E-state index contributed by atoms with van der Waals surface area (Å²) in [7, 11) is 0. The molecule has 2 heterocycles. The summed E-state index contributed by atoms with van der Waals surface area (Å²) in [6, 6.07) is 10.8. The average molecular weight is 301 g/mol. The first-order valence-electron chi connectivity index (χ1n) is 7.51. The standard InChI is InChI=1S/C17H23N3S/c1-17(2,3)18-11-14-8-9-20(19-14)12-15-10-13-6-4-5-7-16(13)21-15/h4-9,15,18H,10-12H2,1-3H3. The number of nitrogens with zero attached hydrogens (tertiary/aromatic N) is 2. The number of nitrogens with one attached hydrogen (secondary N) is 1. The molecule has 1 aromatic carbocycles. The van der Waals surface area contributed by atoms with E-state index in [4.69, 9.17) is 0 Å². The minimum atomic E-state index is 0.132. The smallest absolute Gasteiger partial charge is 0.0762 e. The predicted molar refractivity (Wildman–Crippen MR) is 88.6 cm³/mol. The van der Waals surface area contributed by atoms with Crippen molar-refractivity contribution >= 4 is 11.8 Å². The molecule has 0 saturated carbocycles. The van der Waals surface area contributed by atoms with Gasteiger partial charge in [-0.25, -0.2) is 0 Å². The van der Waals surface area contributed by atoms with Crippen molar-refractivity contribution in [1.82, 2.24) is 15.1 Å². The Hall–Kier alpha value is -1.26. The van der Waals surface area contributed by atoms with Gasteiger partial charge in [-0.2, -0.15) is 5.10 Å². The fraction of sp³-hybridized carbons (Fsp3) is 0.471. The lowest BCUT2D eigenvalue weighted by molar-refractivity contribution is 0.419. The monoisotopic (exact) mass is 301 g/mol. The first-order chi connectivity index (χ1) is 9.99.